The molecule has 1 unspecified atom stereocenters. The zero-order valence-corrected chi connectivity index (χ0v) is 20.8. The maximum atomic E-state index is 13.4. The third-order valence-electron chi connectivity index (χ3n) is 6.18. The van der Waals surface area contributed by atoms with E-state index in [1.54, 1.807) is 48.5 Å². The number of amides is 2. The smallest absolute Gasteiger partial charge is 0.407 e. The minimum atomic E-state index is -1.11. The van der Waals surface area contributed by atoms with Crippen LogP contribution in [0.5, 0.6) is 5.75 Å². The predicted octanol–water partition coefficient (Wildman–Crippen LogP) is 5.83. The van der Waals surface area contributed by atoms with Crippen molar-refractivity contribution in [2.45, 2.75) is 25.5 Å². The fourth-order valence-electron chi connectivity index (χ4n) is 4.35. The molecule has 2 amide bonds. The molecule has 0 saturated carbocycles. The molecule has 3 N–H and O–H groups in total. The average Bonchev–Trinajstić information content (AvgIpc) is 3.40. The second kappa shape index (κ2) is 10.9. The first-order valence-electron chi connectivity index (χ1n) is 11.9. The Hall–Kier alpha value is -4.44. The summed E-state index contributed by atoms with van der Waals surface area (Å²) < 4.78 is 19.1. The Kier molecular flexibility index (Phi) is 7.23. The van der Waals surface area contributed by atoms with Crippen molar-refractivity contribution in [1.82, 2.24) is 14.9 Å². The minimum Gasteiger partial charge on any atom is -0.487 e. The van der Waals surface area contributed by atoms with Crippen LogP contribution in [-0.2, 0) is 11.4 Å². The molecular formula is C27H23ClFN5O4. The van der Waals surface area contributed by atoms with Gasteiger partial charge in [-0.1, -0.05) is 23.7 Å². The van der Waals surface area contributed by atoms with E-state index in [0.717, 1.165) is 4.90 Å². The number of hydrogen-bond acceptors (Lipinski definition) is 6. The van der Waals surface area contributed by atoms with Crippen molar-refractivity contribution in [2.75, 3.05) is 17.2 Å². The standard InChI is InChI=1S/C27H23ClFN5O4/c28-21-13-19(7-9-24(21)38-14-16-3-1-4-17(29)11-16)32-25-20-12-18(6-8-22(20)30-15-31-25)33-26(35)23-5-2-10-34(23)27(36)37/h1,3-4,6-9,11-13,15,23H,2,5,10,14H2,(H,33,35)(H,36,37)(H,30,31,32). The number of carboxylic acid groups (broad SMARTS) is 1. The number of hydrogen-bond donors (Lipinski definition) is 3. The molecule has 1 aromatic heterocycles. The van der Waals surface area contributed by atoms with E-state index in [9.17, 15) is 19.1 Å². The second-order valence-corrected chi connectivity index (χ2v) is 9.17. The first-order chi connectivity index (χ1) is 18.4. The Morgan fingerprint density at radius 3 is 2.74 bits per heavy atom. The van der Waals surface area contributed by atoms with Crippen LogP contribution in [0.25, 0.3) is 10.9 Å². The summed E-state index contributed by atoms with van der Waals surface area (Å²) in [5.74, 6) is 0.221. The highest BCUT2D eigenvalue weighted by atomic mass is 35.5. The van der Waals surface area contributed by atoms with Gasteiger partial charge in [0.2, 0.25) is 5.91 Å². The molecule has 1 atom stereocenters. The van der Waals surface area contributed by atoms with Gasteiger partial charge in [-0.3, -0.25) is 9.69 Å². The van der Waals surface area contributed by atoms with Crippen molar-refractivity contribution in [3.05, 3.63) is 83.4 Å². The van der Waals surface area contributed by atoms with E-state index < -0.39 is 12.1 Å². The zero-order chi connectivity index (χ0) is 26.6. The van der Waals surface area contributed by atoms with Crippen molar-refractivity contribution in [3.63, 3.8) is 0 Å². The Morgan fingerprint density at radius 2 is 1.95 bits per heavy atom. The summed E-state index contributed by atoms with van der Waals surface area (Å²) in [6.45, 7) is 0.505. The van der Waals surface area contributed by atoms with Gasteiger partial charge in [-0.2, -0.15) is 0 Å². The normalized spacial score (nSPS) is 14.9. The third-order valence-corrected chi connectivity index (χ3v) is 6.48. The summed E-state index contributed by atoms with van der Waals surface area (Å²) in [5.41, 5.74) is 2.47. The Bertz CT molecular complexity index is 1520. The highest BCUT2D eigenvalue weighted by molar-refractivity contribution is 6.32. The van der Waals surface area contributed by atoms with E-state index in [-0.39, 0.29) is 18.3 Å². The monoisotopic (exact) mass is 535 g/mol. The number of rotatable bonds is 7. The lowest BCUT2D eigenvalue weighted by Gasteiger charge is -2.20. The van der Waals surface area contributed by atoms with Crippen LogP contribution in [0.3, 0.4) is 0 Å². The molecule has 0 spiro atoms. The van der Waals surface area contributed by atoms with Crippen molar-refractivity contribution in [2.24, 2.45) is 0 Å². The van der Waals surface area contributed by atoms with Gasteiger partial charge in [0.05, 0.1) is 10.5 Å². The van der Waals surface area contributed by atoms with Crippen LogP contribution in [0, 0.1) is 5.82 Å². The predicted molar refractivity (Wildman–Crippen MR) is 141 cm³/mol. The number of nitrogens with zero attached hydrogens (tertiary/aromatic N) is 3. The molecule has 1 aliphatic heterocycles. The van der Waals surface area contributed by atoms with Crippen molar-refractivity contribution in [1.29, 1.82) is 0 Å². The number of ether oxygens (including phenoxy) is 1. The molecule has 5 rings (SSSR count). The summed E-state index contributed by atoms with van der Waals surface area (Å²) in [5, 5.41) is 16.4. The lowest BCUT2D eigenvalue weighted by Crippen LogP contribution is -2.42. The molecule has 1 saturated heterocycles. The summed E-state index contributed by atoms with van der Waals surface area (Å²) in [7, 11) is 0. The van der Waals surface area contributed by atoms with Gasteiger partial charge in [-0.15, -0.1) is 0 Å². The molecule has 0 aliphatic carbocycles. The molecule has 2 heterocycles. The van der Waals surface area contributed by atoms with Crippen LogP contribution in [0.1, 0.15) is 18.4 Å². The van der Waals surface area contributed by atoms with Crippen LogP contribution in [0.2, 0.25) is 5.02 Å². The molecule has 9 nitrogen and oxygen atoms in total. The molecular weight excluding hydrogens is 513 g/mol. The molecule has 0 bridgehead atoms. The first-order valence-corrected chi connectivity index (χ1v) is 12.2. The van der Waals surface area contributed by atoms with Crippen molar-refractivity contribution >= 4 is 51.7 Å². The van der Waals surface area contributed by atoms with Crippen LogP contribution in [0.4, 0.5) is 26.4 Å². The number of nitrogens with one attached hydrogen (secondary N) is 2. The number of benzene rings is 3. The van der Waals surface area contributed by atoms with Gasteiger partial charge in [0.1, 0.15) is 36.4 Å². The topological polar surface area (TPSA) is 117 Å². The van der Waals surface area contributed by atoms with Crippen LogP contribution in [-0.4, -0.2) is 44.6 Å². The number of aromatic nitrogens is 2. The van der Waals surface area contributed by atoms with E-state index in [0.29, 0.717) is 63.8 Å². The molecule has 194 valence electrons. The lowest BCUT2D eigenvalue weighted by atomic mass is 10.1. The van der Waals surface area contributed by atoms with E-state index in [1.807, 2.05) is 0 Å². The number of carbonyl (C=O) groups is 2. The van der Waals surface area contributed by atoms with Crippen molar-refractivity contribution < 1.29 is 23.8 Å². The molecule has 38 heavy (non-hydrogen) atoms. The maximum absolute atomic E-state index is 13.4. The van der Waals surface area contributed by atoms with Crippen LogP contribution >= 0.6 is 11.6 Å². The van der Waals surface area contributed by atoms with Crippen LogP contribution in [0.15, 0.2) is 67.0 Å². The summed E-state index contributed by atoms with van der Waals surface area (Å²) in [6, 6.07) is 15.8. The van der Waals surface area contributed by atoms with Crippen molar-refractivity contribution in [3.8, 4) is 5.75 Å². The Balaban J connectivity index is 1.31. The highest BCUT2D eigenvalue weighted by Crippen LogP contribution is 2.32. The van der Waals surface area contributed by atoms with Gasteiger partial charge in [0, 0.05) is 23.3 Å². The molecule has 0 radical (unpaired) electrons. The Morgan fingerprint density at radius 1 is 1.11 bits per heavy atom. The van der Waals surface area contributed by atoms with Gasteiger partial charge in [-0.25, -0.2) is 19.2 Å². The molecule has 1 fully saturated rings. The number of likely N-dealkylation sites (tertiary alicyclic amines) is 1. The molecule has 11 heteroatoms. The number of carbonyl (C=O) groups excluding carboxylic acids is 1. The van der Waals surface area contributed by atoms with E-state index in [4.69, 9.17) is 16.3 Å². The fourth-order valence-corrected chi connectivity index (χ4v) is 4.58. The second-order valence-electron chi connectivity index (χ2n) is 8.77. The number of anilines is 3. The third kappa shape index (κ3) is 5.60. The SMILES string of the molecule is O=C(Nc1ccc2ncnc(Nc3ccc(OCc4cccc(F)c4)c(Cl)c3)c2c1)C1CCCN1C(=O)O. The van der Waals surface area contributed by atoms with E-state index in [1.165, 1.54) is 18.5 Å². The van der Waals surface area contributed by atoms with Crippen LogP contribution < -0.4 is 15.4 Å². The largest absolute Gasteiger partial charge is 0.487 e. The number of fused-ring (bicyclic) bond motifs is 1. The Labute approximate surface area is 222 Å². The minimum absolute atomic E-state index is 0.167. The van der Waals surface area contributed by atoms with E-state index >= 15 is 0 Å². The molecule has 1 aliphatic rings. The first kappa shape index (κ1) is 25.2. The quantitative estimate of drug-likeness (QED) is 0.273. The summed E-state index contributed by atoms with van der Waals surface area (Å²) in [4.78, 5) is 34.0. The van der Waals surface area contributed by atoms with E-state index in [2.05, 4.69) is 20.6 Å². The fraction of sp³-hybridized carbons (Fsp3) is 0.185. The average molecular weight is 536 g/mol. The highest BCUT2D eigenvalue weighted by Gasteiger charge is 2.34. The van der Waals surface area contributed by atoms with Gasteiger partial charge < -0.3 is 20.5 Å². The van der Waals surface area contributed by atoms with Gasteiger partial charge in [-0.05, 0) is 66.9 Å². The summed E-state index contributed by atoms with van der Waals surface area (Å²) >= 11 is 6.43. The van der Waals surface area contributed by atoms with Gasteiger partial charge in [0.25, 0.3) is 0 Å². The molecule has 4 aromatic rings. The number of halogens is 2. The van der Waals surface area contributed by atoms with Gasteiger partial charge >= 0.3 is 6.09 Å². The summed E-state index contributed by atoms with van der Waals surface area (Å²) in [6.07, 6.45) is 1.43. The zero-order valence-electron chi connectivity index (χ0n) is 20.0. The lowest BCUT2D eigenvalue weighted by molar-refractivity contribution is -0.119. The maximum Gasteiger partial charge on any atom is 0.407 e. The van der Waals surface area contributed by atoms with Gasteiger partial charge in [0.15, 0.2) is 0 Å². The molecule has 3 aromatic carbocycles.